The summed E-state index contributed by atoms with van der Waals surface area (Å²) < 4.78 is 65.7. The maximum absolute atomic E-state index is 13.4. The van der Waals surface area contributed by atoms with Crippen LogP contribution in [-0.2, 0) is 29.8 Å². The molecule has 10 heteroatoms. The fraction of sp³-hybridized carbons (Fsp3) is 0.571. The van der Waals surface area contributed by atoms with Crippen LogP contribution in [-0.4, -0.2) is 49.0 Å². The normalized spacial score (nSPS) is 33.4. The molecule has 0 saturated heterocycles. The smallest absolute Gasteiger partial charge is 0.265 e. The highest BCUT2D eigenvalue weighted by Crippen LogP contribution is 2.58. The molecule has 1 aromatic rings. The molecule has 0 spiro atoms. The summed E-state index contributed by atoms with van der Waals surface area (Å²) >= 11 is 0. The van der Waals surface area contributed by atoms with Crippen LogP contribution in [0, 0.1) is 33.5 Å². The fourth-order valence-electron chi connectivity index (χ4n) is 6.01. The van der Waals surface area contributed by atoms with Gasteiger partial charge >= 0.3 is 0 Å². The quantitative estimate of drug-likeness (QED) is 0.372. The summed E-state index contributed by atoms with van der Waals surface area (Å²) in [7, 11) is -8.74. The lowest BCUT2D eigenvalue weighted by Crippen LogP contribution is -2.42. The third kappa shape index (κ3) is 4.96. The number of carbonyl (C=O) groups excluding carboxylic acids is 2. The molecule has 2 aliphatic carbocycles. The van der Waals surface area contributed by atoms with Gasteiger partial charge in [0.05, 0.1) is 22.3 Å². The number of allylic oxidation sites excluding steroid dienone is 2. The van der Waals surface area contributed by atoms with E-state index < -0.39 is 53.4 Å². The maximum atomic E-state index is 13.4. The van der Waals surface area contributed by atoms with Crippen LogP contribution in [0.2, 0.25) is 0 Å². The number of carbonyl (C=O) groups is 2. The first-order valence-corrected chi connectivity index (χ1v) is 15.7. The van der Waals surface area contributed by atoms with E-state index in [-0.39, 0.29) is 23.4 Å². The number of benzene rings is 1. The average molecular weight is 567 g/mol. The van der Waals surface area contributed by atoms with Gasteiger partial charge in [-0.1, -0.05) is 79.7 Å². The topological polar surface area (TPSA) is 143 Å². The van der Waals surface area contributed by atoms with Crippen LogP contribution >= 0.6 is 0 Å². The van der Waals surface area contributed by atoms with Gasteiger partial charge in [0.1, 0.15) is 0 Å². The Hall–Kier alpha value is -2.14. The van der Waals surface area contributed by atoms with E-state index in [1.54, 1.807) is 50.3 Å². The number of hydrogen-bond acceptors (Lipinski definition) is 6. The van der Waals surface area contributed by atoms with Gasteiger partial charge < -0.3 is 0 Å². The minimum Gasteiger partial charge on any atom is -0.294 e. The van der Waals surface area contributed by atoms with Crippen LogP contribution in [0.25, 0.3) is 12.2 Å². The Morgan fingerprint density at radius 1 is 0.658 bits per heavy atom. The number of hydrogen-bond donors (Lipinski definition) is 2. The van der Waals surface area contributed by atoms with Gasteiger partial charge in [0.25, 0.3) is 20.2 Å². The number of Topliss-reactive ketones (excluding diaryl/α,β-unsaturated/α-hetero) is 2. The van der Waals surface area contributed by atoms with E-state index in [1.807, 2.05) is 41.5 Å². The van der Waals surface area contributed by atoms with Gasteiger partial charge in [-0.15, -0.1) is 0 Å². The van der Waals surface area contributed by atoms with Crippen LogP contribution in [0.1, 0.15) is 66.5 Å². The molecule has 0 aliphatic heterocycles. The lowest BCUT2D eigenvalue weighted by atomic mass is 9.67. The first-order valence-electron chi connectivity index (χ1n) is 12.5. The Balaban J connectivity index is 1.96. The van der Waals surface area contributed by atoms with Crippen LogP contribution in [0.5, 0.6) is 0 Å². The van der Waals surface area contributed by atoms with Crippen LogP contribution < -0.4 is 0 Å². The molecule has 1 aromatic carbocycles. The Morgan fingerprint density at radius 2 is 0.921 bits per heavy atom. The second-order valence-corrected chi connectivity index (χ2v) is 15.4. The van der Waals surface area contributed by atoms with Crippen LogP contribution in [0.4, 0.5) is 0 Å². The highest BCUT2D eigenvalue weighted by molar-refractivity contribution is 7.86. The minimum absolute atomic E-state index is 0.261. The summed E-state index contributed by atoms with van der Waals surface area (Å²) in [5, 5.41) is 0. The van der Waals surface area contributed by atoms with Crippen LogP contribution in [0.15, 0.2) is 35.4 Å². The Labute approximate surface area is 226 Å². The molecule has 2 N–H and O–H groups in total. The SMILES string of the molecule is CC1/C(=C/c2ccc(/C=C3\C(=O)C(C)(CS(=O)(=O)O)C(C)(C)C3C)cc2)C(=O)C(C)(CS(=O)(=O)O)C1(C)C. The van der Waals surface area contributed by atoms with Gasteiger partial charge in [-0.2, -0.15) is 16.8 Å². The minimum atomic E-state index is -4.37. The Kier molecular flexibility index (Phi) is 7.37. The third-order valence-electron chi connectivity index (χ3n) is 9.99. The largest absolute Gasteiger partial charge is 0.294 e. The average Bonchev–Trinajstić information content (AvgIpc) is 2.95. The van der Waals surface area contributed by atoms with Crippen molar-refractivity contribution in [1.29, 1.82) is 0 Å². The van der Waals surface area contributed by atoms with Crippen molar-refractivity contribution >= 4 is 44.0 Å². The molecule has 8 nitrogen and oxygen atoms in total. The summed E-state index contributed by atoms with van der Waals surface area (Å²) in [4.78, 5) is 26.7. The van der Waals surface area contributed by atoms with E-state index in [4.69, 9.17) is 0 Å². The molecular weight excluding hydrogens is 528 g/mol. The molecule has 210 valence electrons. The van der Waals surface area contributed by atoms with Crippen molar-refractivity contribution in [3.8, 4) is 0 Å². The van der Waals surface area contributed by atoms with Crippen molar-refractivity contribution in [2.75, 3.05) is 11.5 Å². The van der Waals surface area contributed by atoms with E-state index in [9.17, 15) is 35.5 Å². The molecule has 3 rings (SSSR count). The highest BCUT2D eigenvalue weighted by Gasteiger charge is 2.60. The molecule has 2 aliphatic rings. The van der Waals surface area contributed by atoms with Gasteiger partial charge in [-0.05, 0) is 57.1 Å². The van der Waals surface area contributed by atoms with Gasteiger partial charge in [-0.25, -0.2) is 0 Å². The predicted octanol–water partition coefficient (Wildman–Crippen LogP) is 4.73. The zero-order valence-corrected chi connectivity index (χ0v) is 24.8. The summed E-state index contributed by atoms with van der Waals surface area (Å²) in [5.41, 5.74) is -1.59. The zero-order chi connectivity index (χ0) is 29.3. The summed E-state index contributed by atoms with van der Waals surface area (Å²) in [6, 6.07) is 7.16. The van der Waals surface area contributed by atoms with Crippen molar-refractivity contribution in [3.63, 3.8) is 0 Å². The fourth-order valence-corrected chi connectivity index (χ4v) is 8.48. The first kappa shape index (κ1) is 30.4. The predicted molar refractivity (Wildman–Crippen MR) is 147 cm³/mol. The van der Waals surface area contributed by atoms with Gasteiger partial charge in [0.2, 0.25) is 0 Å². The van der Waals surface area contributed by atoms with Gasteiger partial charge in [0, 0.05) is 0 Å². The molecule has 2 fully saturated rings. The van der Waals surface area contributed by atoms with E-state index in [2.05, 4.69) is 0 Å². The molecule has 2 saturated carbocycles. The molecule has 38 heavy (non-hydrogen) atoms. The maximum Gasteiger partial charge on any atom is 0.265 e. The Bertz CT molecular complexity index is 1340. The van der Waals surface area contributed by atoms with Crippen molar-refractivity contribution < 1.29 is 35.5 Å². The van der Waals surface area contributed by atoms with Crippen molar-refractivity contribution in [3.05, 3.63) is 46.5 Å². The van der Waals surface area contributed by atoms with Crippen molar-refractivity contribution in [2.24, 2.45) is 33.5 Å². The molecule has 0 radical (unpaired) electrons. The van der Waals surface area contributed by atoms with E-state index in [0.29, 0.717) is 11.1 Å². The van der Waals surface area contributed by atoms with Crippen LogP contribution in [0.3, 0.4) is 0 Å². The molecule has 4 unspecified atom stereocenters. The first-order chi connectivity index (χ1) is 17.0. The van der Waals surface area contributed by atoms with Crippen molar-refractivity contribution in [2.45, 2.75) is 55.4 Å². The molecule has 0 aromatic heterocycles. The number of ketones is 2. The molecule has 0 amide bonds. The second-order valence-electron chi connectivity index (χ2n) is 12.5. The molecule has 0 bridgehead atoms. The Morgan fingerprint density at radius 3 is 1.16 bits per heavy atom. The molecule has 4 atom stereocenters. The zero-order valence-electron chi connectivity index (χ0n) is 23.2. The number of rotatable bonds is 6. The summed E-state index contributed by atoms with van der Waals surface area (Å²) in [6.07, 6.45) is 3.47. The van der Waals surface area contributed by atoms with E-state index in [1.165, 1.54) is 0 Å². The summed E-state index contributed by atoms with van der Waals surface area (Å²) in [6.45, 7) is 14.2. The molecular formula is C28H38O8S2. The molecule has 0 heterocycles. The van der Waals surface area contributed by atoms with E-state index >= 15 is 0 Å². The van der Waals surface area contributed by atoms with Gasteiger partial charge in [0.15, 0.2) is 11.6 Å². The standard InChI is InChI=1S/C28H38O8S2/c1-17-21(23(29)27(7,25(17,3)4)15-37(31,32)33)13-19-9-11-20(12-10-19)14-22-18(2)26(5,6)28(8,24(22)30)16-38(34,35)36/h9-14,17-18H,15-16H2,1-8H3,(H,31,32,33)(H,34,35,36)/b21-13-,22-14-. The lowest BCUT2D eigenvalue weighted by Gasteiger charge is -2.37. The van der Waals surface area contributed by atoms with E-state index in [0.717, 1.165) is 11.1 Å². The second kappa shape index (κ2) is 9.21. The monoisotopic (exact) mass is 566 g/mol. The lowest BCUT2D eigenvalue weighted by molar-refractivity contribution is -0.125. The van der Waals surface area contributed by atoms with Gasteiger partial charge in [-0.3, -0.25) is 18.7 Å². The highest BCUT2D eigenvalue weighted by atomic mass is 32.2. The van der Waals surface area contributed by atoms with Crippen molar-refractivity contribution in [1.82, 2.24) is 0 Å². The summed E-state index contributed by atoms with van der Waals surface area (Å²) in [5.74, 6) is -2.46. The third-order valence-corrected chi connectivity index (χ3v) is 11.9.